The molecule has 0 bridgehead atoms. The van der Waals surface area contributed by atoms with Gasteiger partial charge in [0.1, 0.15) is 12.4 Å². The molecular weight excluding hydrogens is 669 g/mol. The van der Waals surface area contributed by atoms with Crippen LogP contribution in [0.4, 0.5) is 5.69 Å². The Morgan fingerprint density at radius 3 is 2.06 bits per heavy atom. The first-order valence-electron chi connectivity index (χ1n) is 16.7. The Kier molecular flexibility index (Phi) is 12.4. The number of carboxylic acids is 1. The number of ether oxygens (including phenoxy) is 1. The minimum Gasteiger partial charge on any atom is -0.625 e. The van der Waals surface area contributed by atoms with Gasteiger partial charge in [0.25, 0.3) is 0 Å². The second-order valence-corrected chi connectivity index (χ2v) is 12.6. The largest absolute Gasteiger partial charge is 0.625 e. The second kappa shape index (κ2) is 17.1. The van der Waals surface area contributed by atoms with Crippen molar-refractivity contribution in [3.05, 3.63) is 173 Å². The molecule has 0 aliphatic carbocycles. The first-order valence-corrected chi connectivity index (χ1v) is 16.7. The first kappa shape index (κ1) is 36.2. The number of rotatable bonds is 13. The minimum atomic E-state index is -1.52. The van der Waals surface area contributed by atoms with E-state index >= 15 is 0 Å². The predicted octanol–water partition coefficient (Wildman–Crippen LogP) is 8.38. The van der Waals surface area contributed by atoms with E-state index in [-0.39, 0.29) is 34.9 Å². The number of likely N-dealkylation sites (tertiary alicyclic amines) is 1. The number of para-hydroxylation sites is 1. The van der Waals surface area contributed by atoms with Crippen molar-refractivity contribution in [1.82, 2.24) is 4.90 Å². The van der Waals surface area contributed by atoms with E-state index in [2.05, 4.69) is 22.3 Å². The topological polar surface area (TPSA) is 93.3 Å². The van der Waals surface area contributed by atoms with Crippen LogP contribution in [-0.2, 0) is 45.7 Å². The summed E-state index contributed by atoms with van der Waals surface area (Å²) in [4.78, 5) is 33.9. The maximum Gasteiger partial charge on any atom is 0.331 e. The molecule has 0 spiro atoms. The van der Waals surface area contributed by atoms with Gasteiger partial charge in [0.15, 0.2) is 5.54 Å². The number of amides is 1. The average molecular weight is 709 g/mol. The molecule has 1 heterocycles. The van der Waals surface area contributed by atoms with Gasteiger partial charge in [0.05, 0.1) is 17.7 Å². The fraction of sp³-hybridized carbons (Fsp3) is 0.214. The van der Waals surface area contributed by atoms with Gasteiger partial charge in [-0.2, -0.15) is 0 Å². The van der Waals surface area contributed by atoms with E-state index in [4.69, 9.17) is 9.73 Å². The SMILES string of the molecule is C[C@](Cc1ccc(OCc2ccccc2)cc1)(N=C(c1ccccc1)c1ccccc1[N-]C(=O)[C@@H]1CCCN1Cc1ccccc1)C(=O)O.[Ni]. The molecule has 0 saturated carbocycles. The molecule has 2 atom stereocenters. The van der Waals surface area contributed by atoms with Gasteiger partial charge in [-0.25, -0.2) is 4.79 Å². The van der Waals surface area contributed by atoms with Gasteiger partial charge >= 0.3 is 5.97 Å². The quantitative estimate of drug-likeness (QED) is 0.0980. The van der Waals surface area contributed by atoms with Crippen molar-refractivity contribution >= 4 is 23.3 Å². The molecular formula is C42H40N3NiO4-. The van der Waals surface area contributed by atoms with E-state index < -0.39 is 11.5 Å². The summed E-state index contributed by atoms with van der Waals surface area (Å²) in [6, 6.07) is 44.1. The molecule has 0 aromatic heterocycles. The van der Waals surface area contributed by atoms with Gasteiger partial charge in [-0.15, -0.1) is 5.69 Å². The molecule has 5 aromatic carbocycles. The zero-order chi connectivity index (χ0) is 34.1. The van der Waals surface area contributed by atoms with Gasteiger partial charge in [0, 0.05) is 35.0 Å². The Bertz CT molecular complexity index is 1890. The molecule has 0 unspecified atom stereocenters. The van der Waals surface area contributed by atoms with Crippen LogP contribution in [0.15, 0.2) is 145 Å². The van der Waals surface area contributed by atoms with Crippen LogP contribution < -0.4 is 4.74 Å². The minimum absolute atomic E-state index is 0. The molecule has 0 radical (unpaired) electrons. The van der Waals surface area contributed by atoms with E-state index in [1.54, 1.807) is 13.0 Å². The van der Waals surface area contributed by atoms with Gasteiger partial charge in [-0.1, -0.05) is 127 Å². The molecule has 8 heteroatoms. The van der Waals surface area contributed by atoms with E-state index in [0.29, 0.717) is 35.9 Å². The summed E-state index contributed by atoms with van der Waals surface area (Å²) in [5, 5.41) is 15.3. The fourth-order valence-corrected chi connectivity index (χ4v) is 6.21. The zero-order valence-electron chi connectivity index (χ0n) is 27.9. The van der Waals surface area contributed by atoms with Crippen LogP contribution in [-0.4, -0.2) is 45.7 Å². The number of benzene rings is 5. The summed E-state index contributed by atoms with van der Waals surface area (Å²) in [5.41, 5.74) is 3.78. The first-order chi connectivity index (χ1) is 23.9. The van der Waals surface area contributed by atoms with Crippen molar-refractivity contribution in [3.63, 3.8) is 0 Å². The monoisotopic (exact) mass is 708 g/mol. The fourth-order valence-electron chi connectivity index (χ4n) is 6.21. The molecule has 258 valence electrons. The molecule has 1 aliphatic rings. The third-order valence-corrected chi connectivity index (χ3v) is 8.85. The number of nitrogens with zero attached hydrogens (tertiary/aromatic N) is 3. The van der Waals surface area contributed by atoms with Crippen molar-refractivity contribution in [2.45, 2.75) is 50.9 Å². The maximum absolute atomic E-state index is 13.8. The number of carbonyl (C=O) groups is 2. The van der Waals surface area contributed by atoms with E-state index in [1.807, 2.05) is 121 Å². The van der Waals surface area contributed by atoms with Gasteiger partial charge < -0.3 is 20.0 Å². The van der Waals surface area contributed by atoms with E-state index in [9.17, 15) is 14.7 Å². The molecule has 1 aliphatic heterocycles. The molecule has 5 aromatic rings. The summed E-state index contributed by atoms with van der Waals surface area (Å²) >= 11 is 0. The van der Waals surface area contributed by atoms with Crippen molar-refractivity contribution in [2.24, 2.45) is 4.99 Å². The van der Waals surface area contributed by atoms with Crippen LogP contribution in [0.25, 0.3) is 5.32 Å². The number of carboxylic acid groups (broad SMARTS) is 1. The van der Waals surface area contributed by atoms with E-state index in [1.165, 1.54) is 0 Å². The second-order valence-electron chi connectivity index (χ2n) is 12.6. The van der Waals surface area contributed by atoms with Gasteiger partial charge in [0.2, 0.25) is 0 Å². The Hall–Kier alpha value is -5.04. The summed E-state index contributed by atoms with van der Waals surface area (Å²) in [6.45, 7) is 3.58. The average Bonchev–Trinajstić information content (AvgIpc) is 3.60. The predicted molar refractivity (Wildman–Crippen MR) is 193 cm³/mol. The number of hydrogen-bond acceptors (Lipinski definition) is 5. The number of aliphatic carboxylic acids is 1. The third kappa shape index (κ3) is 9.14. The van der Waals surface area contributed by atoms with Crippen LogP contribution in [0.1, 0.15) is 47.6 Å². The molecule has 1 saturated heterocycles. The van der Waals surface area contributed by atoms with Crippen molar-refractivity contribution in [1.29, 1.82) is 0 Å². The van der Waals surface area contributed by atoms with Gasteiger partial charge in [-0.05, 0) is 60.7 Å². The summed E-state index contributed by atoms with van der Waals surface area (Å²) < 4.78 is 5.94. The van der Waals surface area contributed by atoms with Crippen LogP contribution >= 0.6 is 0 Å². The van der Waals surface area contributed by atoms with Crippen LogP contribution in [0.3, 0.4) is 0 Å². The maximum atomic E-state index is 13.8. The number of aliphatic imine (C=N–C) groups is 1. The zero-order valence-corrected chi connectivity index (χ0v) is 28.9. The molecule has 6 rings (SSSR count). The molecule has 7 nitrogen and oxygen atoms in total. The summed E-state index contributed by atoms with van der Waals surface area (Å²) in [5.74, 6) is -0.565. The summed E-state index contributed by atoms with van der Waals surface area (Å²) in [7, 11) is 0. The van der Waals surface area contributed by atoms with Crippen LogP contribution in [0.2, 0.25) is 0 Å². The Morgan fingerprint density at radius 2 is 1.40 bits per heavy atom. The number of carbonyl (C=O) groups excluding carboxylic acids is 1. The van der Waals surface area contributed by atoms with Crippen molar-refractivity contribution in [3.8, 4) is 5.75 Å². The van der Waals surface area contributed by atoms with Crippen LogP contribution in [0, 0.1) is 0 Å². The molecule has 50 heavy (non-hydrogen) atoms. The number of hydrogen-bond donors (Lipinski definition) is 1. The standard InChI is InChI=1S/C42H41N3O4.Ni/c1-42(41(47)48,28-31-23-25-35(26-24-31)49-30-33-16-7-3-8-17-33)44-39(34-18-9-4-10-19-34)36-20-11-12-21-37(36)43-40(46)38-22-13-27-45(38)29-32-14-5-2-6-15-32;/h2-12,14-21,23-26,38H,13,22,27-30H2,1H3,(H2,43,44,46,47,48);/p-1/t38-,42+;/m0./s1. The van der Waals surface area contributed by atoms with E-state index in [0.717, 1.165) is 41.6 Å². The Labute approximate surface area is 304 Å². The van der Waals surface area contributed by atoms with Gasteiger partial charge in [-0.3, -0.25) is 9.89 Å². The van der Waals surface area contributed by atoms with Crippen molar-refractivity contribution < 1.29 is 35.9 Å². The summed E-state index contributed by atoms with van der Waals surface area (Å²) in [6.07, 6.45) is 1.81. The molecule has 1 amide bonds. The smallest absolute Gasteiger partial charge is 0.331 e. The van der Waals surface area contributed by atoms with Crippen LogP contribution in [0.5, 0.6) is 5.75 Å². The molecule has 1 fully saturated rings. The Morgan fingerprint density at radius 1 is 0.800 bits per heavy atom. The third-order valence-electron chi connectivity index (χ3n) is 8.85. The molecule has 1 N–H and O–H groups in total. The Balaban J connectivity index is 0.00000486. The normalized spacial score (nSPS) is 15.8. The van der Waals surface area contributed by atoms with Crippen molar-refractivity contribution in [2.75, 3.05) is 6.54 Å².